The number of nitrogens with zero attached hydrogens (tertiary/aromatic N) is 13. The Kier molecular flexibility index (Phi) is 24.4. The topological polar surface area (TPSA) is 168 Å². The Labute approximate surface area is 825 Å². The van der Waals surface area contributed by atoms with E-state index >= 15 is 0 Å². The maximum atomic E-state index is 5.28. The monoisotopic (exact) mass is 1830 g/mol. The van der Waals surface area contributed by atoms with Crippen LogP contribution in [0.4, 0.5) is 0 Å². The van der Waals surface area contributed by atoms with Gasteiger partial charge in [0.05, 0.1) is 73.0 Å². The van der Waals surface area contributed by atoms with E-state index in [1.807, 2.05) is 160 Å². The first-order chi connectivity index (χ1) is 69.5. The van der Waals surface area contributed by atoms with Crippen molar-refractivity contribution in [1.82, 2.24) is 64.8 Å². The third-order valence-electron chi connectivity index (χ3n) is 26.2. The van der Waals surface area contributed by atoms with Crippen LogP contribution < -0.4 is 0 Å². The number of fused-ring (bicyclic) bond motifs is 9. The number of aromatic nitrogens is 13. The molecule has 0 spiro atoms. The summed E-state index contributed by atoms with van der Waals surface area (Å²) in [6, 6.07) is 149. The first kappa shape index (κ1) is 89.2. The molecular weight excluding hydrogens is 1730 g/mol. The predicted molar refractivity (Wildman–Crippen MR) is 584 cm³/mol. The Hall–Kier alpha value is -18.1. The molecule has 0 aliphatic heterocycles. The minimum Gasteiger partial charge on any atom is -0.251 e. The van der Waals surface area contributed by atoms with Gasteiger partial charge in [-0.05, 0) is 150 Å². The van der Waals surface area contributed by atoms with Gasteiger partial charge < -0.3 is 0 Å². The molecule has 24 rings (SSSR count). The van der Waals surface area contributed by atoms with Gasteiger partial charge >= 0.3 is 0 Å². The summed E-state index contributed by atoms with van der Waals surface area (Å²) in [5.41, 5.74) is 37.8. The second-order valence-electron chi connectivity index (χ2n) is 37.0. The van der Waals surface area contributed by atoms with E-state index in [9.17, 15) is 0 Å². The highest BCUT2D eigenvalue weighted by atomic mass is 15.0. The summed E-state index contributed by atoms with van der Waals surface area (Å²) in [5, 5.41) is 6.78. The summed E-state index contributed by atoms with van der Waals surface area (Å²) in [6.07, 6.45) is 0.930. The van der Waals surface area contributed by atoms with E-state index in [1.54, 1.807) is 0 Å². The van der Waals surface area contributed by atoms with Crippen LogP contribution in [0.5, 0.6) is 0 Å². The molecule has 0 amide bonds. The van der Waals surface area contributed by atoms with Crippen molar-refractivity contribution in [1.29, 1.82) is 0 Å². The van der Waals surface area contributed by atoms with Crippen LogP contribution in [-0.2, 0) is 11.8 Å². The average molecular weight is 1830 g/mol. The standard InChI is InChI=1S/C44H35N5.C43H32N4.C42H30N4/c1-28-21-22-29-23-24-36-37(44(2,3)4)27-38(46-40(36)39(29)45-28)34-19-11-17-32(25-34)33-18-12-20-35(26-33)43-48-41(30-13-7-5-8-14-30)47-42(49-43)31-15-9-6-10-16-31;1-3-29-26-38(45-42-37(29)25-24-35-15-14-28(2)44-41(35)42)33-20-16-30(17-21-33)31-18-22-34(23-19-31)40-27-39(32-10-6-4-7-11-32)46-43(47-40)36-12-8-5-9-13-36;1-27-25-37(44-41-36(27)24-23-34-14-13-28(2)43-40(34)41)32-19-15-29(16-20-32)30-17-21-33(22-18-30)39-26-38(31-9-5-3-6-10-31)45-42(46-39)35-11-7-4-8-12-35/h5-27H,1-4H3;4-27H,3H2,1-2H3;3-26H,1-2H3. The molecule has 9 aromatic heterocycles. The summed E-state index contributed by atoms with van der Waals surface area (Å²) < 4.78 is 0. The van der Waals surface area contributed by atoms with E-state index in [0.717, 1.165) is 224 Å². The third-order valence-corrected chi connectivity index (χ3v) is 26.2. The molecule has 0 N–H and O–H groups in total. The fourth-order valence-electron chi connectivity index (χ4n) is 18.6. The third kappa shape index (κ3) is 18.8. The number of aryl methyl sites for hydroxylation is 5. The van der Waals surface area contributed by atoms with Crippen molar-refractivity contribution in [3.8, 4) is 169 Å². The predicted octanol–water partition coefficient (Wildman–Crippen LogP) is 32.2. The number of benzene rings is 15. The molecular formula is C129H97N13. The van der Waals surface area contributed by atoms with Gasteiger partial charge in [-0.25, -0.2) is 49.8 Å². The van der Waals surface area contributed by atoms with Gasteiger partial charge in [-0.2, -0.15) is 0 Å². The second kappa shape index (κ2) is 38.8. The van der Waals surface area contributed by atoms with Gasteiger partial charge in [0.1, 0.15) is 0 Å². The first-order valence-electron chi connectivity index (χ1n) is 48.1. The zero-order valence-electron chi connectivity index (χ0n) is 80.0. The van der Waals surface area contributed by atoms with Crippen LogP contribution in [-0.4, -0.2) is 64.8 Å². The SMILES string of the molecule is CCc1cc(-c2ccc(-c3ccc(-c4cc(-c5ccccc5)nc(-c5ccccc5)n4)cc3)cc2)nc2c1ccc1ccc(C)nc12.Cc1ccc2ccc3c(C(C)(C)C)cc(-c4cccc(-c5cccc(-c6nc(-c7ccccc7)nc(-c7ccccc7)n6)c5)c4)nc3c2n1.Cc1ccc2ccc3c(C)cc(-c4ccc(-c5ccc(-c6cc(-c7ccccc7)nc(-c7ccccc7)n6)cc5)cc4)nc3c2n1. The van der Waals surface area contributed by atoms with Crippen LogP contribution in [0.3, 0.4) is 0 Å². The molecule has 0 bridgehead atoms. The fraction of sp³-hybridized carbons (Fsp3) is 0.0775. The minimum absolute atomic E-state index is 0.0822. The summed E-state index contributed by atoms with van der Waals surface area (Å²) in [6.45, 7) is 17.2. The van der Waals surface area contributed by atoms with E-state index in [4.69, 9.17) is 64.8 Å². The normalized spacial score (nSPS) is 11.4. The van der Waals surface area contributed by atoms with Gasteiger partial charge in [0.15, 0.2) is 29.1 Å². The Bertz CT molecular complexity index is 8660. The fourth-order valence-corrected chi connectivity index (χ4v) is 18.6. The molecule has 678 valence electrons. The Morgan fingerprint density at radius 3 is 0.803 bits per heavy atom. The van der Waals surface area contributed by atoms with Gasteiger partial charge in [0.25, 0.3) is 0 Å². The molecule has 0 saturated heterocycles. The highest BCUT2D eigenvalue weighted by molar-refractivity contribution is 6.08. The quantitative estimate of drug-likeness (QED) is 0.0839. The lowest BCUT2D eigenvalue weighted by Gasteiger charge is -2.23. The van der Waals surface area contributed by atoms with Crippen molar-refractivity contribution in [3.05, 3.63) is 464 Å². The van der Waals surface area contributed by atoms with Crippen LogP contribution in [0, 0.1) is 27.7 Å². The summed E-state index contributed by atoms with van der Waals surface area (Å²) in [7, 11) is 0. The summed E-state index contributed by atoms with van der Waals surface area (Å²) >= 11 is 0. The number of hydrogen-bond acceptors (Lipinski definition) is 13. The van der Waals surface area contributed by atoms with Crippen LogP contribution in [0.15, 0.2) is 431 Å². The van der Waals surface area contributed by atoms with Crippen LogP contribution in [0.1, 0.15) is 61.5 Å². The molecule has 0 unspecified atom stereocenters. The van der Waals surface area contributed by atoms with Crippen LogP contribution in [0.2, 0.25) is 0 Å². The van der Waals surface area contributed by atoms with Crippen LogP contribution in [0.25, 0.3) is 235 Å². The molecule has 0 radical (unpaired) electrons. The van der Waals surface area contributed by atoms with Gasteiger partial charge in [0, 0.05) is 116 Å². The molecule has 142 heavy (non-hydrogen) atoms. The molecule has 0 fully saturated rings. The Morgan fingerprint density at radius 2 is 0.437 bits per heavy atom. The maximum absolute atomic E-state index is 5.28. The Balaban J connectivity index is 0.000000122. The number of pyridine rings is 6. The smallest absolute Gasteiger partial charge is 0.164 e. The van der Waals surface area contributed by atoms with Crippen LogP contribution >= 0.6 is 0 Å². The Morgan fingerprint density at radius 1 is 0.176 bits per heavy atom. The number of rotatable bonds is 16. The molecule has 15 aromatic carbocycles. The molecule has 0 aliphatic carbocycles. The lowest BCUT2D eigenvalue weighted by molar-refractivity contribution is 0.595. The molecule has 13 heteroatoms. The maximum Gasteiger partial charge on any atom is 0.164 e. The highest BCUT2D eigenvalue weighted by Crippen LogP contribution is 2.42. The lowest BCUT2D eigenvalue weighted by Crippen LogP contribution is -2.12. The van der Waals surface area contributed by atoms with Crippen molar-refractivity contribution in [2.75, 3.05) is 0 Å². The molecule has 0 saturated carbocycles. The van der Waals surface area contributed by atoms with Gasteiger partial charge in [-0.3, -0.25) is 15.0 Å². The zero-order valence-corrected chi connectivity index (χ0v) is 80.0. The van der Waals surface area contributed by atoms with Crippen molar-refractivity contribution in [3.63, 3.8) is 0 Å². The van der Waals surface area contributed by atoms with Gasteiger partial charge in [-0.1, -0.05) is 398 Å². The molecule has 0 atom stereocenters. The van der Waals surface area contributed by atoms with Crippen molar-refractivity contribution in [2.24, 2.45) is 0 Å². The van der Waals surface area contributed by atoms with E-state index in [2.05, 4.69) is 326 Å². The summed E-state index contributed by atoms with van der Waals surface area (Å²) in [5.74, 6) is 3.35. The van der Waals surface area contributed by atoms with Crippen molar-refractivity contribution >= 4 is 65.4 Å². The average Bonchev–Trinajstić information content (AvgIpc) is 0.762. The van der Waals surface area contributed by atoms with Crippen molar-refractivity contribution < 1.29 is 0 Å². The van der Waals surface area contributed by atoms with Crippen molar-refractivity contribution in [2.45, 2.75) is 67.2 Å². The molecule has 13 nitrogen and oxygen atoms in total. The van der Waals surface area contributed by atoms with E-state index < -0.39 is 0 Å². The molecule has 0 aliphatic rings. The first-order valence-corrected chi connectivity index (χ1v) is 48.1. The van der Waals surface area contributed by atoms with E-state index in [0.29, 0.717) is 29.1 Å². The minimum atomic E-state index is -0.0822. The molecule has 24 aromatic rings. The van der Waals surface area contributed by atoms with E-state index in [-0.39, 0.29) is 5.41 Å². The number of hydrogen-bond donors (Lipinski definition) is 0. The van der Waals surface area contributed by atoms with E-state index in [1.165, 1.54) is 22.1 Å². The lowest BCUT2D eigenvalue weighted by atomic mass is 9.83. The molecule has 9 heterocycles. The highest BCUT2D eigenvalue weighted by Gasteiger charge is 2.24. The zero-order chi connectivity index (χ0) is 96.3. The largest absolute Gasteiger partial charge is 0.251 e. The van der Waals surface area contributed by atoms with Gasteiger partial charge in [0.2, 0.25) is 0 Å². The van der Waals surface area contributed by atoms with Gasteiger partial charge in [-0.15, -0.1) is 0 Å². The summed E-state index contributed by atoms with van der Waals surface area (Å²) in [4.78, 5) is 64.7. The second-order valence-corrected chi connectivity index (χ2v) is 37.0.